The molecule has 144 valence electrons. The molecular weight excluding hydrogens is 399 g/mol. The monoisotopic (exact) mass is 416 g/mol. The van der Waals surface area contributed by atoms with E-state index in [1.807, 2.05) is 48.5 Å². The molecule has 0 N–H and O–H groups in total. The van der Waals surface area contributed by atoms with Gasteiger partial charge in [-0.2, -0.15) is 10.1 Å². The second-order valence-corrected chi connectivity index (χ2v) is 7.39. The van der Waals surface area contributed by atoms with Crippen molar-refractivity contribution in [2.24, 2.45) is 0 Å². The van der Waals surface area contributed by atoms with Gasteiger partial charge < -0.3 is 4.74 Å². The van der Waals surface area contributed by atoms with Crippen LogP contribution in [0.5, 0.6) is 0 Å². The first-order valence-electron chi connectivity index (χ1n) is 8.80. The maximum Gasteiger partial charge on any atom is 0.255 e. The highest BCUT2D eigenvalue weighted by atomic mass is 35.5. The minimum absolute atomic E-state index is 0.0479. The van der Waals surface area contributed by atoms with Gasteiger partial charge in [-0.05, 0) is 35.7 Å². The van der Waals surface area contributed by atoms with E-state index in [2.05, 4.69) is 10.1 Å². The van der Waals surface area contributed by atoms with Crippen LogP contribution in [0, 0.1) is 0 Å². The number of ether oxygens (including phenoxy) is 1. The standard InChI is InChI=1S/C20H18Cl2N4O2/c1-28-11-19(27)25-17(13-6-8-14(21)9-7-13)10-18(26-20(25)23-12-24-26)15-4-2-3-5-16(15)22/h2-9,12,17-18H,10-11H2,1H3/t17-,18-/m1/s1. The van der Waals surface area contributed by atoms with Crippen molar-refractivity contribution in [3.63, 3.8) is 0 Å². The van der Waals surface area contributed by atoms with Crippen LogP contribution in [0.3, 0.4) is 0 Å². The summed E-state index contributed by atoms with van der Waals surface area (Å²) in [6.07, 6.45) is 2.05. The Morgan fingerprint density at radius 2 is 1.89 bits per heavy atom. The Morgan fingerprint density at radius 1 is 1.14 bits per heavy atom. The van der Waals surface area contributed by atoms with E-state index in [0.717, 1.165) is 11.1 Å². The van der Waals surface area contributed by atoms with Crippen LogP contribution >= 0.6 is 23.2 Å². The molecule has 3 aromatic rings. The average molecular weight is 417 g/mol. The third kappa shape index (κ3) is 3.39. The van der Waals surface area contributed by atoms with Gasteiger partial charge in [0.25, 0.3) is 5.91 Å². The Bertz CT molecular complexity index is 990. The highest BCUT2D eigenvalue weighted by molar-refractivity contribution is 6.31. The van der Waals surface area contributed by atoms with Gasteiger partial charge in [-0.1, -0.05) is 53.5 Å². The molecule has 28 heavy (non-hydrogen) atoms. The molecule has 4 rings (SSSR count). The van der Waals surface area contributed by atoms with Crippen molar-refractivity contribution < 1.29 is 9.53 Å². The number of anilines is 1. The molecule has 0 unspecified atom stereocenters. The molecule has 0 radical (unpaired) electrons. The van der Waals surface area contributed by atoms with Gasteiger partial charge in [0.15, 0.2) is 0 Å². The van der Waals surface area contributed by atoms with Gasteiger partial charge in [0.2, 0.25) is 5.95 Å². The highest BCUT2D eigenvalue weighted by Gasteiger charge is 2.39. The van der Waals surface area contributed by atoms with Crippen LogP contribution in [0.1, 0.15) is 29.6 Å². The zero-order valence-corrected chi connectivity index (χ0v) is 16.6. The van der Waals surface area contributed by atoms with E-state index < -0.39 is 0 Å². The Kier molecular flexibility index (Phi) is 5.35. The smallest absolute Gasteiger partial charge is 0.255 e. The topological polar surface area (TPSA) is 60.2 Å². The van der Waals surface area contributed by atoms with Crippen LogP contribution in [0.25, 0.3) is 0 Å². The van der Waals surface area contributed by atoms with Gasteiger partial charge in [-0.3, -0.25) is 9.69 Å². The number of aromatic nitrogens is 3. The molecule has 0 saturated carbocycles. The Morgan fingerprint density at radius 3 is 2.61 bits per heavy atom. The van der Waals surface area contributed by atoms with E-state index in [-0.39, 0.29) is 24.6 Å². The van der Waals surface area contributed by atoms with Gasteiger partial charge in [-0.15, -0.1) is 0 Å². The number of halogens is 2. The zero-order chi connectivity index (χ0) is 19.7. The van der Waals surface area contributed by atoms with E-state index in [0.29, 0.717) is 22.4 Å². The summed E-state index contributed by atoms with van der Waals surface area (Å²) in [7, 11) is 1.50. The van der Waals surface area contributed by atoms with Crippen LogP contribution in [0.2, 0.25) is 10.0 Å². The SMILES string of the molecule is COCC(=O)N1c2ncnn2[C@@H](c2ccccc2Cl)C[C@@H]1c1ccc(Cl)cc1. The Balaban J connectivity index is 1.84. The first-order valence-corrected chi connectivity index (χ1v) is 9.56. The van der Waals surface area contributed by atoms with Gasteiger partial charge in [-0.25, -0.2) is 4.68 Å². The van der Waals surface area contributed by atoms with E-state index in [1.54, 1.807) is 9.58 Å². The first kappa shape index (κ1) is 18.9. The van der Waals surface area contributed by atoms with E-state index in [9.17, 15) is 4.79 Å². The van der Waals surface area contributed by atoms with Crippen molar-refractivity contribution in [3.8, 4) is 0 Å². The van der Waals surface area contributed by atoms with Crippen molar-refractivity contribution in [2.75, 3.05) is 18.6 Å². The number of rotatable bonds is 4. The van der Waals surface area contributed by atoms with Crippen LogP contribution in [-0.4, -0.2) is 34.4 Å². The van der Waals surface area contributed by atoms with Crippen molar-refractivity contribution in [1.29, 1.82) is 0 Å². The average Bonchev–Trinajstić information content (AvgIpc) is 3.18. The van der Waals surface area contributed by atoms with Crippen LogP contribution in [0.15, 0.2) is 54.9 Å². The summed E-state index contributed by atoms with van der Waals surface area (Å²) in [6, 6.07) is 14.7. The molecule has 0 fully saturated rings. The molecule has 6 nitrogen and oxygen atoms in total. The number of hydrogen-bond donors (Lipinski definition) is 0. The van der Waals surface area contributed by atoms with E-state index in [4.69, 9.17) is 27.9 Å². The molecule has 0 saturated heterocycles. The minimum Gasteiger partial charge on any atom is -0.375 e. The summed E-state index contributed by atoms with van der Waals surface area (Å²) >= 11 is 12.5. The molecule has 2 heterocycles. The minimum atomic E-state index is -0.252. The first-order chi connectivity index (χ1) is 13.6. The number of carbonyl (C=O) groups is 1. The van der Waals surface area contributed by atoms with Gasteiger partial charge in [0.1, 0.15) is 12.9 Å². The molecule has 1 aromatic heterocycles. The highest BCUT2D eigenvalue weighted by Crippen LogP contribution is 2.43. The van der Waals surface area contributed by atoms with Gasteiger partial charge in [0, 0.05) is 17.2 Å². The van der Waals surface area contributed by atoms with Crippen molar-refractivity contribution >= 4 is 35.1 Å². The van der Waals surface area contributed by atoms with Gasteiger partial charge >= 0.3 is 0 Å². The fraction of sp³-hybridized carbons (Fsp3) is 0.250. The molecule has 8 heteroatoms. The molecule has 0 aliphatic carbocycles. The quantitative estimate of drug-likeness (QED) is 0.635. The number of benzene rings is 2. The van der Waals surface area contributed by atoms with Crippen molar-refractivity contribution in [1.82, 2.24) is 14.8 Å². The van der Waals surface area contributed by atoms with Crippen LogP contribution < -0.4 is 4.90 Å². The third-order valence-electron chi connectivity index (χ3n) is 4.88. The van der Waals surface area contributed by atoms with E-state index in [1.165, 1.54) is 13.4 Å². The largest absolute Gasteiger partial charge is 0.375 e. The lowest BCUT2D eigenvalue weighted by Gasteiger charge is -2.39. The second-order valence-electron chi connectivity index (χ2n) is 6.54. The third-order valence-corrected chi connectivity index (χ3v) is 5.47. The summed E-state index contributed by atoms with van der Waals surface area (Å²) in [5.41, 5.74) is 1.90. The summed E-state index contributed by atoms with van der Waals surface area (Å²) < 4.78 is 6.84. The van der Waals surface area contributed by atoms with Crippen molar-refractivity contribution in [2.45, 2.75) is 18.5 Å². The Hall–Kier alpha value is -2.41. The number of hydrogen-bond acceptors (Lipinski definition) is 4. The maximum absolute atomic E-state index is 12.9. The summed E-state index contributed by atoms with van der Waals surface area (Å²) in [5.74, 6) is 0.285. The molecular formula is C20H18Cl2N4O2. The molecule has 0 bridgehead atoms. The lowest BCUT2D eigenvalue weighted by molar-refractivity contribution is -0.123. The number of amides is 1. The summed E-state index contributed by atoms with van der Waals surface area (Å²) in [6.45, 7) is -0.0479. The Labute approximate surface area is 172 Å². The molecule has 0 spiro atoms. The lowest BCUT2D eigenvalue weighted by Crippen LogP contribution is -2.44. The number of carbonyl (C=O) groups excluding carboxylic acids is 1. The number of nitrogens with zero attached hydrogens (tertiary/aromatic N) is 4. The number of methoxy groups -OCH3 is 1. The predicted octanol–water partition coefficient (Wildman–Crippen LogP) is 4.30. The maximum atomic E-state index is 12.9. The lowest BCUT2D eigenvalue weighted by atomic mass is 9.92. The van der Waals surface area contributed by atoms with E-state index >= 15 is 0 Å². The molecule has 1 aliphatic heterocycles. The van der Waals surface area contributed by atoms with Crippen LogP contribution in [0.4, 0.5) is 5.95 Å². The van der Waals surface area contributed by atoms with Crippen LogP contribution in [-0.2, 0) is 9.53 Å². The summed E-state index contributed by atoms with van der Waals surface area (Å²) in [5, 5.41) is 5.67. The zero-order valence-electron chi connectivity index (χ0n) is 15.1. The summed E-state index contributed by atoms with van der Waals surface area (Å²) in [4.78, 5) is 18.9. The molecule has 2 aromatic carbocycles. The molecule has 1 amide bonds. The van der Waals surface area contributed by atoms with Crippen molar-refractivity contribution in [3.05, 3.63) is 76.0 Å². The fourth-order valence-corrected chi connectivity index (χ4v) is 4.03. The fourth-order valence-electron chi connectivity index (χ4n) is 3.64. The number of fused-ring (bicyclic) bond motifs is 1. The molecule has 1 aliphatic rings. The second kappa shape index (κ2) is 7.91. The predicted molar refractivity (Wildman–Crippen MR) is 108 cm³/mol. The molecule has 2 atom stereocenters. The normalized spacial score (nSPS) is 18.8. The van der Waals surface area contributed by atoms with Gasteiger partial charge in [0.05, 0.1) is 12.1 Å².